The molecule has 1 aromatic rings. The highest BCUT2D eigenvalue weighted by atomic mass is 16.5. The van der Waals surface area contributed by atoms with Gasteiger partial charge in [0.2, 0.25) is 0 Å². The number of hydrogen-bond donors (Lipinski definition) is 2. The van der Waals surface area contributed by atoms with Crippen molar-refractivity contribution in [1.82, 2.24) is 10.6 Å². The fraction of sp³-hybridized carbons (Fsp3) is 0.667. The zero-order chi connectivity index (χ0) is 18.6. The molecule has 0 spiro atoms. The van der Waals surface area contributed by atoms with Crippen molar-refractivity contribution in [2.45, 2.75) is 58.8 Å². The Kier molecular flexibility index (Phi) is 9.50. The number of nitrogens with one attached hydrogen (secondary N) is 2. The lowest BCUT2D eigenvalue weighted by molar-refractivity contribution is -0.0390. The number of hydrogen-bond acceptors (Lipinski definition) is 3. The van der Waals surface area contributed by atoms with Gasteiger partial charge >= 0.3 is 0 Å². The summed E-state index contributed by atoms with van der Waals surface area (Å²) in [5, 5.41) is 6.83. The second kappa shape index (κ2) is 11.9. The highest BCUT2D eigenvalue weighted by molar-refractivity contribution is 5.79. The third-order valence-corrected chi connectivity index (χ3v) is 5.04. The Morgan fingerprint density at radius 3 is 2.62 bits per heavy atom. The van der Waals surface area contributed by atoms with Crippen LogP contribution in [-0.2, 0) is 22.6 Å². The summed E-state index contributed by atoms with van der Waals surface area (Å²) in [6.07, 6.45) is 4.71. The molecule has 0 radical (unpaired) electrons. The molecule has 1 aromatic carbocycles. The second-order valence-electron chi connectivity index (χ2n) is 6.93. The monoisotopic (exact) mass is 361 g/mol. The minimum Gasteiger partial charge on any atom is -0.381 e. The number of nitrogens with zero attached hydrogens (tertiary/aromatic N) is 1. The van der Waals surface area contributed by atoms with Crippen LogP contribution < -0.4 is 10.6 Å². The topological polar surface area (TPSA) is 54.9 Å². The molecule has 0 aliphatic carbocycles. The third kappa shape index (κ3) is 7.34. The van der Waals surface area contributed by atoms with Crippen molar-refractivity contribution in [3.05, 3.63) is 35.4 Å². The van der Waals surface area contributed by atoms with E-state index in [1.54, 1.807) is 0 Å². The van der Waals surface area contributed by atoms with E-state index in [1.165, 1.54) is 24.0 Å². The van der Waals surface area contributed by atoms with Gasteiger partial charge in [-0.2, -0.15) is 0 Å². The lowest BCUT2D eigenvalue weighted by atomic mass is 10.0. The van der Waals surface area contributed by atoms with E-state index in [0.29, 0.717) is 18.6 Å². The van der Waals surface area contributed by atoms with Gasteiger partial charge < -0.3 is 20.1 Å². The number of rotatable bonds is 9. The summed E-state index contributed by atoms with van der Waals surface area (Å²) in [7, 11) is 1.82. The fourth-order valence-electron chi connectivity index (χ4n) is 3.11. The summed E-state index contributed by atoms with van der Waals surface area (Å²) < 4.78 is 11.4. The Morgan fingerprint density at radius 1 is 1.19 bits per heavy atom. The third-order valence-electron chi connectivity index (χ3n) is 5.04. The molecule has 26 heavy (non-hydrogen) atoms. The highest BCUT2D eigenvalue weighted by Gasteiger charge is 2.14. The molecule has 1 fully saturated rings. The number of ether oxygens (including phenoxy) is 2. The van der Waals surface area contributed by atoms with Gasteiger partial charge in [0.05, 0.1) is 12.7 Å². The maximum Gasteiger partial charge on any atom is 0.191 e. The van der Waals surface area contributed by atoms with Crippen molar-refractivity contribution >= 4 is 5.96 Å². The molecular formula is C21H35N3O2. The zero-order valence-corrected chi connectivity index (χ0v) is 16.6. The van der Waals surface area contributed by atoms with Crippen LogP contribution in [0.3, 0.4) is 0 Å². The van der Waals surface area contributed by atoms with E-state index in [4.69, 9.17) is 9.47 Å². The predicted octanol–water partition coefficient (Wildman–Crippen LogP) is 3.48. The largest absolute Gasteiger partial charge is 0.381 e. The Bertz CT molecular complexity index is 538. The van der Waals surface area contributed by atoms with Crippen molar-refractivity contribution in [3.8, 4) is 0 Å². The molecule has 1 heterocycles. The van der Waals surface area contributed by atoms with Crippen molar-refractivity contribution in [3.63, 3.8) is 0 Å². The molecule has 0 bridgehead atoms. The molecule has 0 amide bonds. The van der Waals surface area contributed by atoms with E-state index >= 15 is 0 Å². The standard InChI is InChI=1S/C21H35N3O2/c1-4-17(5-2)14-23-21(22-3)24-15-18-7-6-8-19(13-18)16-26-20-9-11-25-12-10-20/h6-8,13,17,20H,4-5,9-12,14-16H2,1-3H3,(H2,22,23,24). The van der Waals surface area contributed by atoms with Crippen LogP contribution in [-0.4, -0.2) is 38.9 Å². The van der Waals surface area contributed by atoms with Gasteiger partial charge in [-0.1, -0.05) is 51.0 Å². The van der Waals surface area contributed by atoms with E-state index in [0.717, 1.165) is 45.1 Å². The van der Waals surface area contributed by atoms with Crippen molar-refractivity contribution in [1.29, 1.82) is 0 Å². The molecule has 2 rings (SSSR count). The summed E-state index contributed by atoms with van der Waals surface area (Å²) in [5.41, 5.74) is 2.46. The van der Waals surface area contributed by atoms with Gasteiger partial charge in [-0.15, -0.1) is 0 Å². The number of aliphatic imine (C=N–C) groups is 1. The second-order valence-corrected chi connectivity index (χ2v) is 6.93. The van der Waals surface area contributed by atoms with Gasteiger partial charge in [-0.25, -0.2) is 0 Å². The van der Waals surface area contributed by atoms with E-state index in [-0.39, 0.29) is 0 Å². The van der Waals surface area contributed by atoms with E-state index in [1.807, 2.05) is 7.05 Å². The molecule has 1 aliphatic heterocycles. The fourth-order valence-corrected chi connectivity index (χ4v) is 3.11. The van der Waals surface area contributed by atoms with Crippen LogP contribution in [0.4, 0.5) is 0 Å². The van der Waals surface area contributed by atoms with Crippen molar-refractivity contribution in [2.24, 2.45) is 10.9 Å². The average Bonchev–Trinajstić information content (AvgIpc) is 2.70. The van der Waals surface area contributed by atoms with Crippen molar-refractivity contribution < 1.29 is 9.47 Å². The Morgan fingerprint density at radius 2 is 1.92 bits per heavy atom. The number of guanidine groups is 1. The summed E-state index contributed by atoms with van der Waals surface area (Å²) in [5.74, 6) is 1.56. The van der Waals surface area contributed by atoms with Crippen LogP contribution in [0.2, 0.25) is 0 Å². The van der Waals surface area contributed by atoms with Gasteiger partial charge in [0.15, 0.2) is 5.96 Å². The molecule has 146 valence electrons. The average molecular weight is 362 g/mol. The quantitative estimate of drug-likeness (QED) is 0.522. The molecular weight excluding hydrogens is 326 g/mol. The lowest BCUT2D eigenvalue weighted by Gasteiger charge is -2.22. The van der Waals surface area contributed by atoms with Gasteiger partial charge in [0.25, 0.3) is 0 Å². The summed E-state index contributed by atoms with van der Waals surface area (Å²) in [6, 6.07) is 8.57. The van der Waals surface area contributed by atoms with Gasteiger partial charge in [0.1, 0.15) is 0 Å². The molecule has 5 heteroatoms. The van der Waals surface area contributed by atoms with E-state index < -0.39 is 0 Å². The van der Waals surface area contributed by atoms with Crippen LogP contribution in [0.15, 0.2) is 29.3 Å². The Labute approximate surface area is 158 Å². The number of benzene rings is 1. The van der Waals surface area contributed by atoms with Crippen LogP contribution in [0.25, 0.3) is 0 Å². The summed E-state index contributed by atoms with van der Waals surface area (Å²) >= 11 is 0. The normalized spacial score (nSPS) is 16.1. The SMILES string of the molecule is CCC(CC)CNC(=NC)NCc1cccc(COC2CCOCC2)c1. The molecule has 0 saturated carbocycles. The zero-order valence-electron chi connectivity index (χ0n) is 16.6. The first-order valence-corrected chi connectivity index (χ1v) is 9.96. The maximum atomic E-state index is 6.02. The molecule has 2 N–H and O–H groups in total. The van der Waals surface area contributed by atoms with Crippen molar-refractivity contribution in [2.75, 3.05) is 26.8 Å². The summed E-state index contributed by atoms with van der Waals surface area (Å²) in [6.45, 7) is 8.49. The van der Waals surface area contributed by atoms with Gasteiger partial charge in [0, 0.05) is 33.4 Å². The molecule has 1 aliphatic rings. The minimum atomic E-state index is 0.332. The van der Waals surface area contributed by atoms with Crippen LogP contribution in [0.1, 0.15) is 50.7 Å². The molecule has 0 aromatic heterocycles. The molecule has 1 saturated heterocycles. The Balaban J connectivity index is 1.77. The lowest BCUT2D eigenvalue weighted by Crippen LogP contribution is -2.39. The minimum absolute atomic E-state index is 0.332. The molecule has 0 atom stereocenters. The first-order valence-electron chi connectivity index (χ1n) is 9.96. The predicted molar refractivity (Wildman–Crippen MR) is 107 cm³/mol. The summed E-state index contributed by atoms with van der Waals surface area (Å²) in [4.78, 5) is 4.32. The first kappa shape index (κ1) is 20.7. The van der Waals surface area contributed by atoms with Crippen LogP contribution in [0, 0.1) is 5.92 Å². The van der Waals surface area contributed by atoms with Gasteiger partial charge in [-0.3, -0.25) is 4.99 Å². The Hall–Kier alpha value is -1.59. The maximum absolute atomic E-state index is 6.02. The van der Waals surface area contributed by atoms with Gasteiger partial charge in [-0.05, 0) is 29.9 Å². The van der Waals surface area contributed by atoms with Crippen LogP contribution in [0.5, 0.6) is 0 Å². The van der Waals surface area contributed by atoms with E-state index in [9.17, 15) is 0 Å². The molecule has 0 unspecified atom stereocenters. The smallest absolute Gasteiger partial charge is 0.191 e. The molecule has 5 nitrogen and oxygen atoms in total. The van der Waals surface area contributed by atoms with E-state index in [2.05, 4.69) is 53.7 Å². The first-order chi connectivity index (χ1) is 12.7. The highest BCUT2D eigenvalue weighted by Crippen LogP contribution is 2.14. The van der Waals surface area contributed by atoms with Crippen LogP contribution >= 0.6 is 0 Å².